The van der Waals surface area contributed by atoms with E-state index in [2.05, 4.69) is 25.8 Å². The van der Waals surface area contributed by atoms with Crippen LogP contribution < -0.4 is 0 Å². The maximum atomic E-state index is 12.9. The number of ether oxygens (including phenoxy) is 1. The number of ketones is 1. The number of aliphatic hydroxyl groups is 1. The maximum Gasteiger partial charge on any atom is 0.349 e. The van der Waals surface area contributed by atoms with Gasteiger partial charge in [-0.2, -0.15) is 0 Å². The van der Waals surface area contributed by atoms with E-state index in [1.165, 1.54) is 19.1 Å². The lowest BCUT2D eigenvalue weighted by molar-refractivity contribution is -0.194. The zero-order valence-corrected chi connectivity index (χ0v) is 21.9. The van der Waals surface area contributed by atoms with Crippen molar-refractivity contribution in [3.05, 3.63) is 0 Å². The van der Waals surface area contributed by atoms with Crippen LogP contribution >= 0.6 is 0 Å². The molecule has 0 saturated heterocycles. The predicted octanol–water partition coefficient (Wildman–Crippen LogP) is 5.77. The SMILES string of the molecule is CCCCCCN=CC(=O)OC1C[C@]2(C)[C@@H](C(C)=O)CC[C@H]2[C@@H]2CCC3CC(O)CC[C@]3(C)[C@@H]12. The maximum absolute atomic E-state index is 12.9. The molecule has 0 radical (unpaired) electrons. The number of esters is 1. The minimum absolute atomic E-state index is 0.0746. The van der Waals surface area contributed by atoms with Crippen molar-refractivity contribution in [2.45, 2.75) is 117 Å². The largest absolute Gasteiger partial charge is 0.458 e. The molecule has 0 spiro atoms. The highest BCUT2D eigenvalue weighted by molar-refractivity contribution is 6.23. The summed E-state index contributed by atoms with van der Waals surface area (Å²) in [6.45, 7) is 9.32. The van der Waals surface area contributed by atoms with Gasteiger partial charge in [-0.05, 0) is 93.3 Å². The normalized spacial score (nSPS) is 43.7. The number of aliphatic hydroxyl groups excluding tert-OH is 1. The Morgan fingerprint density at radius 2 is 1.85 bits per heavy atom. The highest BCUT2D eigenvalue weighted by atomic mass is 16.5. The molecule has 5 heteroatoms. The summed E-state index contributed by atoms with van der Waals surface area (Å²) in [4.78, 5) is 29.9. The summed E-state index contributed by atoms with van der Waals surface area (Å²) >= 11 is 0. The Kier molecular flexibility index (Phi) is 7.91. The number of aliphatic imine (C=N–C) groups is 1. The second kappa shape index (κ2) is 10.4. The molecule has 0 aromatic carbocycles. The Labute approximate surface area is 206 Å². The predicted molar refractivity (Wildman–Crippen MR) is 135 cm³/mol. The van der Waals surface area contributed by atoms with Crippen LogP contribution in [0.25, 0.3) is 0 Å². The van der Waals surface area contributed by atoms with Gasteiger partial charge in [-0.15, -0.1) is 0 Å². The average molecular weight is 474 g/mol. The summed E-state index contributed by atoms with van der Waals surface area (Å²) in [5.41, 5.74) is -0.00729. The first-order chi connectivity index (χ1) is 16.2. The lowest BCUT2D eigenvalue weighted by Gasteiger charge is -2.62. The van der Waals surface area contributed by atoms with Crippen LogP contribution in [-0.4, -0.2) is 41.8 Å². The minimum atomic E-state index is -0.319. The molecule has 4 fully saturated rings. The molecule has 0 heterocycles. The highest BCUT2D eigenvalue weighted by Gasteiger charge is 2.64. The fourth-order valence-corrected chi connectivity index (χ4v) is 9.05. The summed E-state index contributed by atoms with van der Waals surface area (Å²) in [5, 5.41) is 10.4. The van der Waals surface area contributed by atoms with Gasteiger partial charge in [0.05, 0.1) is 6.10 Å². The van der Waals surface area contributed by atoms with E-state index in [1.807, 2.05) is 0 Å². The molecule has 34 heavy (non-hydrogen) atoms. The van der Waals surface area contributed by atoms with Gasteiger partial charge >= 0.3 is 5.97 Å². The van der Waals surface area contributed by atoms with Gasteiger partial charge in [0.2, 0.25) is 0 Å². The Morgan fingerprint density at radius 3 is 2.59 bits per heavy atom. The van der Waals surface area contributed by atoms with Gasteiger partial charge in [-0.1, -0.05) is 40.0 Å². The molecule has 0 aliphatic heterocycles. The van der Waals surface area contributed by atoms with Crippen molar-refractivity contribution < 1.29 is 19.4 Å². The minimum Gasteiger partial charge on any atom is -0.458 e. The molecular formula is C29H47NO4. The van der Waals surface area contributed by atoms with Crippen molar-refractivity contribution in [3.8, 4) is 0 Å². The molecule has 5 nitrogen and oxygen atoms in total. The van der Waals surface area contributed by atoms with E-state index in [-0.39, 0.29) is 34.9 Å². The molecule has 9 atom stereocenters. The van der Waals surface area contributed by atoms with Crippen LogP contribution in [0, 0.1) is 40.4 Å². The molecule has 4 aliphatic carbocycles. The van der Waals surface area contributed by atoms with Gasteiger partial charge in [0.25, 0.3) is 0 Å². The summed E-state index contributed by atoms with van der Waals surface area (Å²) < 4.78 is 6.27. The van der Waals surface area contributed by atoms with Crippen LogP contribution in [0.5, 0.6) is 0 Å². The Bertz CT molecular complexity index is 780. The van der Waals surface area contributed by atoms with Crippen molar-refractivity contribution in [1.29, 1.82) is 0 Å². The Balaban J connectivity index is 1.56. The number of Topliss-reactive ketones (excluding diaryl/α,β-unsaturated/α-hetero) is 1. The first-order valence-corrected chi connectivity index (χ1v) is 14.1. The van der Waals surface area contributed by atoms with Gasteiger partial charge in [-0.25, -0.2) is 4.79 Å². The molecule has 4 aliphatic rings. The first-order valence-electron chi connectivity index (χ1n) is 14.1. The first kappa shape index (κ1) is 25.9. The number of rotatable bonds is 8. The summed E-state index contributed by atoms with van der Waals surface area (Å²) in [6.07, 6.45) is 13.4. The molecule has 192 valence electrons. The Morgan fingerprint density at radius 1 is 1.06 bits per heavy atom. The number of unbranched alkanes of at least 4 members (excludes halogenated alkanes) is 3. The van der Waals surface area contributed by atoms with Gasteiger partial charge in [-0.3, -0.25) is 9.79 Å². The van der Waals surface area contributed by atoms with Gasteiger partial charge < -0.3 is 9.84 Å². The van der Waals surface area contributed by atoms with Crippen LogP contribution in [0.4, 0.5) is 0 Å². The quantitative estimate of drug-likeness (QED) is 0.276. The number of carbonyl (C=O) groups is 2. The molecule has 0 amide bonds. The van der Waals surface area contributed by atoms with Gasteiger partial charge in [0, 0.05) is 18.4 Å². The van der Waals surface area contributed by atoms with Crippen LogP contribution in [0.2, 0.25) is 0 Å². The lowest BCUT2D eigenvalue weighted by atomic mass is 9.43. The van der Waals surface area contributed by atoms with Crippen LogP contribution in [0.3, 0.4) is 0 Å². The van der Waals surface area contributed by atoms with Crippen LogP contribution in [0.15, 0.2) is 4.99 Å². The molecular weight excluding hydrogens is 426 g/mol. The fraction of sp³-hybridized carbons (Fsp3) is 0.897. The molecule has 4 saturated carbocycles. The number of nitrogens with zero attached hydrogens (tertiary/aromatic N) is 1. The highest BCUT2D eigenvalue weighted by Crippen LogP contribution is 2.68. The van der Waals surface area contributed by atoms with E-state index in [1.54, 1.807) is 6.92 Å². The standard InChI is InChI=1S/C29H47NO4/c1-5-6-7-8-15-30-18-26(33)34-25-17-29(4)23(19(2)31)11-12-24(29)22-10-9-20-16-21(32)13-14-28(20,3)27(22)25/h18,20-25,27,32H,5-17H2,1-4H3/t20?,21?,22-,23+,24-,25?,27+,28-,29+/m0/s1. The number of fused-ring (bicyclic) bond motifs is 5. The molecule has 4 rings (SSSR count). The average Bonchev–Trinajstić information content (AvgIpc) is 3.13. The van der Waals surface area contributed by atoms with E-state index >= 15 is 0 Å². The number of carbonyl (C=O) groups excluding carboxylic acids is 2. The third kappa shape index (κ3) is 4.75. The third-order valence-corrected chi connectivity index (χ3v) is 10.6. The summed E-state index contributed by atoms with van der Waals surface area (Å²) in [6, 6.07) is 0. The lowest BCUT2D eigenvalue weighted by Crippen LogP contribution is -2.60. The Hall–Kier alpha value is -1.23. The zero-order chi connectivity index (χ0) is 24.5. The second-order valence-corrected chi connectivity index (χ2v) is 12.5. The van der Waals surface area contributed by atoms with E-state index < -0.39 is 0 Å². The van der Waals surface area contributed by atoms with Gasteiger partial charge in [0.1, 0.15) is 18.1 Å². The van der Waals surface area contributed by atoms with E-state index in [9.17, 15) is 14.7 Å². The van der Waals surface area contributed by atoms with Crippen LogP contribution in [-0.2, 0) is 14.3 Å². The van der Waals surface area contributed by atoms with Crippen molar-refractivity contribution in [2.24, 2.45) is 45.4 Å². The van der Waals surface area contributed by atoms with Crippen molar-refractivity contribution in [2.75, 3.05) is 6.54 Å². The molecule has 1 N–H and O–H groups in total. The molecule has 0 aromatic heterocycles. The third-order valence-electron chi connectivity index (χ3n) is 10.6. The topological polar surface area (TPSA) is 76.0 Å². The van der Waals surface area contributed by atoms with E-state index in [0.29, 0.717) is 36.0 Å². The molecule has 0 bridgehead atoms. The van der Waals surface area contributed by atoms with Gasteiger partial charge in [0.15, 0.2) is 0 Å². The zero-order valence-electron chi connectivity index (χ0n) is 21.9. The number of hydrogen-bond donors (Lipinski definition) is 1. The van der Waals surface area contributed by atoms with Crippen molar-refractivity contribution >= 4 is 18.0 Å². The van der Waals surface area contributed by atoms with E-state index in [4.69, 9.17) is 4.74 Å². The molecule has 3 unspecified atom stereocenters. The smallest absolute Gasteiger partial charge is 0.349 e. The second-order valence-electron chi connectivity index (χ2n) is 12.5. The summed E-state index contributed by atoms with van der Waals surface area (Å²) in [5.74, 6) is 1.86. The van der Waals surface area contributed by atoms with E-state index in [0.717, 1.165) is 64.2 Å². The monoisotopic (exact) mass is 473 g/mol. The fourth-order valence-electron chi connectivity index (χ4n) is 9.05. The van der Waals surface area contributed by atoms with Crippen molar-refractivity contribution in [3.63, 3.8) is 0 Å². The van der Waals surface area contributed by atoms with Crippen LogP contribution in [0.1, 0.15) is 105 Å². The summed E-state index contributed by atoms with van der Waals surface area (Å²) in [7, 11) is 0. The van der Waals surface area contributed by atoms with Crippen molar-refractivity contribution in [1.82, 2.24) is 0 Å². The molecule has 0 aromatic rings. The number of hydrogen-bond acceptors (Lipinski definition) is 5.